The molecule has 1 aromatic heterocycles. The predicted octanol–water partition coefficient (Wildman–Crippen LogP) is 4.57. The number of carbonyl (C=O) groups is 2. The highest BCUT2D eigenvalue weighted by Crippen LogP contribution is 2.20. The smallest absolute Gasteiger partial charge is 0.274 e. The average molecular weight is 377 g/mol. The molecule has 3 rings (SSSR count). The number of nitrogens with zero attached hydrogens (tertiary/aromatic N) is 1. The van der Waals surface area contributed by atoms with Crippen molar-refractivity contribution >= 4 is 17.5 Å². The van der Waals surface area contributed by atoms with Crippen molar-refractivity contribution in [2.45, 2.75) is 46.0 Å². The van der Waals surface area contributed by atoms with E-state index in [-0.39, 0.29) is 23.2 Å². The highest BCUT2D eigenvalue weighted by molar-refractivity contribution is 6.04. The fourth-order valence-corrected chi connectivity index (χ4v) is 3.44. The molecule has 0 unspecified atom stereocenters. The molecule has 146 valence electrons. The Balaban J connectivity index is 1.61. The first-order chi connectivity index (χ1) is 13.5. The lowest BCUT2D eigenvalue weighted by Gasteiger charge is -2.13. The molecular formula is C23H27N3O2. The molecule has 2 N–H and O–H groups in total. The molecule has 0 saturated heterocycles. The highest BCUT2D eigenvalue weighted by atomic mass is 16.2. The van der Waals surface area contributed by atoms with Gasteiger partial charge in [-0.25, -0.2) is 4.98 Å². The maximum Gasteiger partial charge on any atom is 0.274 e. The molecule has 0 spiro atoms. The van der Waals surface area contributed by atoms with Crippen molar-refractivity contribution in [3.05, 3.63) is 70.6 Å². The molecule has 0 bridgehead atoms. The van der Waals surface area contributed by atoms with Crippen molar-refractivity contribution in [1.82, 2.24) is 10.3 Å². The molecule has 5 nitrogen and oxygen atoms in total. The molecule has 28 heavy (non-hydrogen) atoms. The van der Waals surface area contributed by atoms with Gasteiger partial charge < -0.3 is 10.6 Å². The molecule has 1 heterocycles. The summed E-state index contributed by atoms with van der Waals surface area (Å²) in [5, 5.41) is 5.81. The lowest BCUT2D eigenvalue weighted by Crippen LogP contribution is -2.26. The van der Waals surface area contributed by atoms with E-state index in [1.807, 2.05) is 32.0 Å². The Bertz CT molecular complexity index is 882. The van der Waals surface area contributed by atoms with Gasteiger partial charge >= 0.3 is 0 Å². The molecule has 0 radical (unpaired) electrons. The largest absolute Gasteiger partial charge is 0.350 e. The van der Waals surface area contributed by atoms with Crippen molar-refractivity contribution in [3.8, 4) is 0 Å². The fraction of sp³-hybridized carbons (Fsp3) is 0.348. The molecule has 0 fully saturated rings. The zero-order valence-electron chi connectivity index (χ0n) is 16.5. The Morgan fingerprint density at radius 1 is 0.964 bits per heavy atom. The van der Waals surface area contributed by atoms with Crippen LogP contribution in [0.15, 0.2) is 48.0 Å². The average Bonchev–Trinajstić information content (AvgIpc) is 2.71. The second kappa shape index (κ2) is 9.31. The summed E-state index contributed by atoms with van der Waals surface area (Å²) >= 11 is 0. The maximum atomic E-state index is 12.6. The van der Waals surface area contributed by atoms with Crippen LogP contribution in [0, 0.1) is 13.8 Å². The van der Waals surface area contributed by atoms with E-state index in [9.17, 15) is 9.59 Å². The Hall–Kier alpha value is -2.95. The van der Waals surface area contributed by atoms with E-state index in [1.54, 1.807) is 18.2 Å². The lowest BCUT2D eigenvalue weighted by atomic mass is 9.97. The summed E-state index contributed by atoms with van der Waals surface area (Å²) in [5.74, 6) is -0.572. The van der Waals surface area contributed by atoms with Crippen LogP contribution < -0.4 is 10.6 Å². The molecule has 5 heteroatoms. The van der Waals surface area contributed by atoms with E-state index < -0.39 is 0 Å². The van der Waals surface area contributed by atoms with E-state index in [0.29, 0.717) is 6.54 Å². The Labute approximate surface area is 166 Å². The maximum absolute atomic E-state index is 12.6. The van der Waals surface area contributed by atoms with Crippen LogP contribution in [0.1, 0.15) is 64.2 Å². The third kappa shape index (κ3) is 5.06. The molecule has 2 aromatic rings. The van der Waals surface area contributed by atoms with E-state index in [1.165, 1.54) is 18.4 Å². The first-order valence-corrected chi connectivity index (χ1v) is 9.85. The fourth-order valence-electron chi connectivity index (χ4n) is 3.44. The molecule has 0 atom stereocenters. The van der Waals surface area contributed by atoms with Crippen LogP contribution in [0.4, 0.5) is 5.69 Å². The van der Waals surface area contributed by atoms with Crippen molar-refractivity contribution in [2.24, 2.45) is 0 Å². The lowest BCUT2D eigenvalue weighted by molar-refractivity contribution is 0.0949. The monoisotopic (exact) mass is 377 g/mol. The van der Waals surface area contributed by atoms with Crippen molar-refractivity contribution in [2.75, 3.05) is 11.9 Å². The van der Waals surface area contributed by atoms with Crippen molar-refractivity contribution in [3.63, 3.8) is 0 Å². The zero-order chi connectivity index (χ0) is 19.9. The SMILES string of the molecule is Cc1cccc(C)c1NC(=O)c1cccc(C(=O)NCCC2=CCCCC2)n1. The number of allylic oxidation sites excluding steroid dienone is 1. The summed E-state index contributed by atoms with van der Waals surface area (Å²) in [4.78, 5) is 29.3. The number of aryl methyl sites for hydroxylation is 2. The third-order valence-electron chi connectivity index (χ3n) is 5.05. The van der Waals surface area contributed by atoms with Gasteiger partial charge in [0.05, 0.1) is 0 Å². The summed E-state index contributed by atoms with van der Waals surface area (Å²) in [6.07, 6.45) is 7.92. The molecular weight excluding hydrogens is 350 g/mol. The van der Waals surface area contributed by atoms with Crippen LogP contribution in [-0.4, -0.2) is 23.3 Å². The predicted molar refractivity (Wildman–Crippen MR) is 112 cm³/mol. The quantitative estimate of drug-likeness (QED) is 0.724. The summed E-state index contributed by atoms with van der Waals surface area (Å²) in [5.41, 5.74) is 4.65. The van der Waals surface area contributed by atoms with Crippen LogP contribution >= 0.6 is 0 Å². The number of hydrogen-bond donors (Lipinski definition) is 2. The van der Waals surface area contributed by atoms with Crippen molar-refractivity contribution < 1.29 is 9.59 Å². The van der Waals surface area contributed by atoms with Gasteiger partial charge in [-0.15, -0.1) is 0 Å². The van der Waals surface area contributed by atoms with E-state index in [4.69, 9.17) is 0 Å². The third-order valence-corrected chi connectivity index (χ3v) is 5.05. The Morgan fingerprint density at radius 3 is 2.32 bits per heavy atom. The molecule has 1 aromatic carbocycles. The number of benzene rings is 1. The van der Waals surface area contributed by atoms with Gasteiger partial charge in [0, 0.05) is 12.2 Å². The first-order valence-electron chi connectivity index (χ1n) is 9.85. The van der Waals surface area contributed by atoms with Gasteiger partial charge in [-0.2, -0.15) is 0 Å². The number of amides is 2. The van der Waals surface area contributed by atoms with Crippen LogP contribution in [0.25, 0.3) is 0 Å². The van der Waals surface area contributed by atoms with Gasteiger partial charge in [0.25, 0.3) is 11.8 Å². The van der Waals surface area contributed by atoms with Gasteiger partial charge in [0.15, 0.2) is 0 Å². The van der Waals surface area contributed by atoms with Crippen molar-refractivity contribution in [1.29, 1.82) is 0 Å². The zero-order valence-corrected chi connectivity index (χ0v) is 16.5. The van der Waals surface area contributed by atoms with Crippen LogP contribution in [0.3, 0.4) is 0 Å². The van der Waals surface area contributed by atoms with Crippen LogP contribution in [0.5, 0.6) is 0 Å². The number of hydrogen-bond acceptors (Lipinski definition) is 3. The summed E-state index contributed by atoms with van der Waals surface area (Å²) in [6, 6.07) is 10.8. The molecule has 0 aliphatic heterocycles. The Morgan fingerprint density at radius 2 is 1.64 bits per heavy atom. The number of aromatic nitrogens is 1. The summed E-state index contributed by atoms with van der Waals surface area (Å²) in [7, 11) is 0. The molecule has 1 aliphatic rings. The summed E-state index contributed by atoms with van der Waals surface area (Å²) < 4.78 is 0. The number of rotatable bonds is 6. The van der Waals surface area contributed by atoms with E-state index >= 15 is 0 Å². The topological polar surface area (TPSA) is 71.1 Å². The minimum atomic E-state index is -0.320. The van der Waals surface area contributed by atoms with Gasteiger partial charge in [-0.1, -0.05) is 35.9 Å². The second-order valence-electron chi connectivity index (χ2n) is 7.24. The standard InChI is InChI=1S/C23H27N3O2/c1-16-8-6-9-17(2)21(16)26-23(28)20-13-7-12-19(25-20)22(27)24-15-14-18-10-4-3-5-11-18/h6-10,12-13H,3-5,11,14-15H2,1-2H3,(H,24,27)(H,26,28). The number of pyridine rings is 1. The second-order valence-corrected chi connectivity index (χ2v) is 7.24. The number of anilines is 1. The highest BCUT2D eigenvalue weighted by Gasteiger charge is 2.14. The number of carbonyl (C=O) groups excluding carboxylic acids is 2. The van der Waals surface area contributed by atoms with Crippen LogP contribution in [0.2, 0.25) is 0 Å². The first kappa shape index (κ1) is 19.8. The molecule has 1 aliphatic carbocycles. The number of para-hydroxylation sites is 1. The minimum absolute atomic E-state index is 0.227. The minimum Gasteiger partial charge on any atom is -0.350 e. The normalized spacial score (nSPS) is 13.6. The van der Waals surface area contributed by atoms with E-state index in [2.05, 4.69) is 21.7 Å². The van der Waals surface area contributed by atoms with Gasteiger partial charge in [0.2, 0.25) is 0 Å². The molecule has 2 amide bonds. The molecule has 0 saturated carbocycles. The summed E-state index contributed by atoms with van der Waals surface area (Å²) in [6.45, 7) is 4.48. The van der Waals surface area contributed by atoms with Gasteiger partial charge in [0.1, 0.15) is 11.4 Å². The number of nitrogens with one attached hydrogen (secondary N) is 2. The van der Waals surface area contributed by atoms with E-state index in [0.717, 1.165) is 36.1 Å². The Kier molecular flexibility index (Phi) is 6.58. The van der Waals surface area contributed by atoms with Gasteiger partial charge in [-0.05, 0) is 69.2 Å². The van der Waals surface area contributed by atoms with Gasteiger partial charge in [-0.3, -0.25) is 9.59 Å². The van der Waals surface area contributed by atoms with Crippen LogP contribution in [-0.2, 0) is 0 Å².